The Hall–Kier alpha value is -1.95. The van der Waals surface area contributed by atoms with E-state index in [1.54, 1.807) is 31.3 Å². The lowest BCUT2D eigenvalue weighted by atomic mass is 10.2. The molecule has 1 aromatic carbocycles. The van der Waals surface area contributed by atoms with E-state index in [9.17, 15) is 0 Å². The van der Waals surface area contributed by atoms with Gasteiger partial charge in [-0.25, -0.2) is 0 Å². The fourth-order valence-electron chi connectivity index (χ4n) is 1.08. The van der Waals surface area contributed by atoms with Crippen molar-refractivity contribution in [2.24, 2.45) is 7.05 Å². The van der Waals surface area contributed by atoms with Crippen LogP contribution in [0.5, 0.6) is 11.8 Å². The lowest BCUT2D eigenvalue weighted by molar-refractivity contribution is 0.281. The Labute approximate surface area is 86.1 Å². The molecule has 1 aromatic heterocycles. The van der Waals surface area contributed by atoms with Crippen molar-refractivity contribution in [1.82, 2.24) is 20.2 Å². The molecular formula is C9H10N4O2. The topological polar surface area (TPSA) is 73.1 Å². The lowest BCUT2D eigenvalue weighted by Gasteiger charge is -2.03. The molecule has 0 radical (unpaired) electrons. The van der Waals surface area contributed by atoms with Crippen molar-refractivity contribution in [3.8, 4) is 11.8 Å². The van der Waals surface area contributed by atoms with Crippen molar-refractivity contribution in [3.05, 3.63) is 29.8 Å². The van der Waals surface area contributed by atoms with Crippen LogP contribution in [0.4, 0.5) is 0 Å². The first-order valence-electron chi connectivity index (χ1n) is 4.39. The quantitative estimate of drug-likeness (QED) is 0.791. The molecule has 6 heteroatoms. The standard InChI is InChI=1S/C9H10N4O2/c1-13-9(10-11-12-13)15-8-4-2-7(6-14)3-5-8/h2-5,14H,6H2,1H3. The highest BCUT2D eigenvalue weighted by Gasteiger charge is 2.04. The first kappa shape index (κ1) is 9.60. The maximum absolute atomic E-state index is 8.85. The van der Waals surface area contributed by atoms with Gasteiger partial charge in [-0.05, 0) is 28.1 Å². The zero-order valence-corrected chi connectivity index (χ0v) is 8.16. The van der Waals surface area contributed by atoms with E-state index in [-0.39, 0.29) is 6.61 Å². The Morgan fingerprint density at radius 3 is 2.60 bits per heavy atom. The van der Waals surface area contributed by atoms with Crippen LogP contribution < -0.4 is 4.74 Å². The molecule has 2 rings (SSSR count). The van der Waals surface area contributed by atoms with Crippen molar-refractivity contribution < 1.29 is 9.84 Å². The lowest BCUT2D eigenvalue weighted by Crippen LogP contribution is -1.96. The molecule has 2 aromatic rings. The summed E-state index contributed by atoms with van der Waals surface area (Å²) in [6, 6.07) is 7.38. The number of aromatic nitrogens is 4. The SMILES string of the molecule is Cn1nnnc1Oc1ccc(CO)cc1. The van der Waals surface area contributed by atoms with Gasteiger partial charge in [-0.15, -0.1) is 0 Å². The summed E-state index contributed by atoms with van der Waals surface area (Å²) in [6.07, 6.45) is 0. The molecule has 15 heavy (non-hydrogen) atoms. The normalized spacial score (nSPS) is 10.3. The number of ether oxygens (including phenoxy) is 1. The van der Waals surface area contributed by atoms with E-state index in [1.807, 2.05) is 0 Å². The maximum Gasteiger partial charge on any atom is 0.340 e. The van der Waals surface area contributed by atoms with Gasteiger partial charge in [0.15, 0.2) is 0 Å². The summed E-state index contributed by atoms with van der Waals surface area (Å²) in [5.74, 6) is 0.630. The van der Waals surface area contributed by atoms with Gasteiger partial charge in [-0.3, -0.25) is 0 Å². The van der Waals surface area contributed by atoms with E-state index in [2.05, 4.69) is 15.5 Å². The van der Waals surface area contributed by atoms with E-state index in [4.69, 9.17) is 9.84 Å². The predicted molar refractivity (Wildman–Crippen MR) is 51.2 cm³/mol. The number of benzene rings is 1. The van der Waals surface area contributed by atoms with Gasteiger partial charge in [0, 0.05) is 7.05 Å². The van der Waals surface area contributed by atoms with Crippen molar-refractivity contribution in [2.45, 2.75) is 6.61 Å². The zero-order valence-electron chi connectivity index (χ0n) is 8.16. The largest absolute Gasteiger partial charge is 0.423 e. The van der Waals surface area contributed by atoms with Crippen molar-refractivity contribution >= 4 is 0 Å². The molecule has 0 aliphatic heterocycles. The molecule has 0 amide bonds. The smallest absolute Gasteiger partial charge is 0.340 e. The molecule has 0 spiro atoms. The minimum atomic E-state index is 0.0196. The van der Waals surface area contributed by atoms with Crippen molar-refractivity contribution in [2.75, 3.05) is 0 Å². The highest BCUT2D eigenvalue weighted by atomic mass is 16.5. The number of tetrazole rings is 1. The number of hydrogen-bond donors (Lipinski definition) is 1. The molecule has 0 bridgehead atoms. The number of aryl methyl sites for hydroxylation is 1. The fraction of sp³-hybridized carbons (Fsp3) is 0.222. The Morgan fingerprint density at radius 1 is 1.33 bits per heavy atom. The number of aliphatic hydroxyl groups is 1. The van der Waals surface area contributed by atoms with Crippen molar-refractivity contribution in [3.63, 3.8) is 0 Å². The first-order chi connectivity index (χ1) is 7.29. The average molecular weight is 206 g/mol. The molecular weight excluding hydrogens is 196 g/mol. The van der Waals surface area contributed by atoms with Gasteiger partial charge in [0.1, 0.15) is 5.75 Å². The van der Waals surface area contributed by atoms with Gasteiger partial charge in [-0.1, -0.05) is 17.2 Å². The van der Waals surface area contributed by atoms with E-state index >= 15 is 0 Å². The highest BCUT2D eigenvalue weighted by molar-refractivity contribution is 5.28. The second-order valence-corrected chi connectivity index (χ2v) is 2.99. The van der Waals surface area contributed by atoms with Crippen LogP contribution in [0.25, 0.3) is 0 Å². The fourth-order valence-corrected chi connectivity index (χ4v) is 1.08. The molecule has 0 saturated heterocycles. The van der Waals surface area contributed by atoms with Crippen LogP contribution in [0.15, 0.2) is 24.3 Å². The number of nitrogens with zero attached hydrogens (tertiary/aromatic N) is 4. The third-order valence-corrected chi connectivity index (χ3v) is 1.90. The summed E-state index contributed by atoms with van der Waals surface area (Å²) in [6.45, 7) is 0.0196. The summed E-state index contributed by atoms with van der Waals surface area (Å²) in [7, 11) is 1.69. The molecule has 0 atom stereocenters. The Morgan fingerprint density at radius 2 is 2.07 bits per heavy atom. The van der Waals surface area contributed by atoms with Crippen LogP contribution in [0, 0.1) is 0 Å². The van der Waals surface area contributed by atoms with Gasteiger partial charge in [0.2, 0.25) is 0 Å². The van der Waals surface area contributed by atoms with Gasteiger partial charge >= 0.3 is 6.01 Å². The van der Waals surface area contributed by atoms with Gasteiger partial charge < -0.3 is 9.84 Å². The van der Waals surface area contributed by atoms with E-state index in [1.165, 1.54) is 4.68 Å². The molecule has 0 aliphatic carbocycles. The number of hydrogen-bond acceptors (Lipinski definition) is 5. The summed E-state index contributed by atoms with van der Waals surface area (Å²) in [5, 5.41) is 19.6. The van der Waals surface area contributed by atoms with E-state index in [0.717, 1.165) is 5.56 Å². The molecule has 78 valence electrons. The Bertz CT molecular complexity index is 438. The minimum absolute atomic E-state index is 0.0196. The van der Waals surface area contributed by atoms with Crippen LogP contribution in [0.3, 0.4) is 0 Å². The van der Waals surface area contributed by atoms with Crippen LogP contribution >= 0.6 is 0 Å². The zero-order chi connectivity index (χ0) is 10.7. The van der Waals surface area contributed by atoms with Gasteiger partial charge in [-0.2, -0.15) is 4.68 Å². The molecule has 0 saturated carbocycles. The highest BCUT2D eigenvalue weighted by Crippen LogP contribution is 2.18. The van der Waals surface area contributed by atoms with E-state index < -0.39 is 0 Å². The van der Waals surface area contributed by atoms with Crippen LogP contribution in [-0.4, -0.2) is 25.3 Å². The summed E-state index contributed by atoms with van der Waals surface area (Å²) < 4.78 is 6.82. The monoisotopic (exact) mass is 206 g/mol. The first-order valence-corrected chi connectivity index (χ1v) is 4.39. The molecule has 1 heterocycles. The molecule has 6 nitrogen and oxygen atoms in total. The molecule has 0 fully saturated rings. The van der Waals surface area contributed by atoms with E-state index in [0.29, 0.717) is 11.8 Å². The summed E-state index contributed by atoms with van der Waals surface area (Å²) in [4.78, 5) is 0. The number of rotatable bonds is 3. The molecule has 0 aliphatic rings. The van der Waals surface area contributed by atoms with Crippen LogP contribution in [-0.2, 0) is 13.7 Å². The number of aliphatic hydroxyl groups excluding tert-OH is 1. The average Bonchev–Trinajstić information content (AvgIpc) is 2.66. The van der Waals surface area contributed by atoms with Crippen molar-refractivity contribution in [1.29, 1.82) is 0 Å². The summed E-state index contributed by atoms with van der Waals surface area (Å²) in [5.41, 5.74) is 0.832. The Kier molecular flexibility index (Phi) is 2.59. The summed E-state index contributed by atoms with van der Waals surface area (Å²) >= 11 is 0. The Balaban J connectivity index is 2.14. The van der Waals surface area contributed by atoms with Crippen LogP contribution in [0.2, 0.25) is 0 Å². The van der Waals surface area contributed by atoms with Gasteiger partial charge in [0.05, 0.1) is 6.61 Å². The van der Waals surface area contributed by atoms with Crippen LogP contribution in [0.1, 0.15) is 5.56 Å². The molecule has 0 unspecified atom stereocenters. The minimum Gasteiger partial charge on any atom is -0.423 e. The molecule has 1 N–H and O–H groups in total. The maximum atomic E-state index is 8.85. The third-order valence-electron chi connectivity index (χ3n) is 1.90. The second-order valence-electron chi connectivity index (χ2n) is 2.99. The predicted octanol–water partition coefficient (Wildman–Crippen LogP) is 0.495. The third kappa shape index (κ3) is 2.10. The second kappa shape index (κ2) is 4.05. The van der Waals surface area contributed by atoms with Gasteiger partial charge in [0.25, 0.3) is 0 Å².